The number of phosphoric acid groups is 1. The molecule has 0 rings (SSSR count). The SMILES string of the molecule is CCCCCCCCCCCCCCCC(=O)OC[C@H](COP(=O)(O)OCC[N+](C)(C)C)OC(=O)CCC/C=C\C/C=C\C/C=C\C/C=C\CCCCCO. The molecule has 0 radical (unpaired) electrons. The van der Waals surface area contributed by atoms with Gasteiger partial charge in [-0.3, -0.25) is 18.6 Å². The largest absolute Gasteiger partial charge is 0.472 e. The lowest BCUT2D eigenvalue weighted by molar-refractivity contribution is -0.870. The number of carbonyl (C=O) groups is 2. The topological polar surface area (TPSA) is 129 Å². The van der Waals surface area contributed by atoms with Crippen LogP contribution in [0.1, 0.15) is 161 Å². The van der Waals surface area contributed by atoms with Crippen molar-refractivity contribution in [3.63, 3.8) is 0 Å². The van der Waals surface area contributed by atoms with Gasteiger partial charge in [-0.15, -0.1) is 0 Å². The third-order valence-electron chi connectivity index (χ3n) is 8.92. The van der Waals surface area contributed by atoms with Crippen LogP contribution in [0.25, 0.3) is 0 Å². The molecule has 0 aliphatic rings. The summed E-state index contributed by atoms with van der Waals surface area (Å²) in [6, 6.07) is 0. The summed E-state index contributed by atoms with van der Waals surface area (Å²) in [4.78, 5) is 35.3. The standard InChI is InChI=1S/C44H80NO9P/c1-5-6-7-8-9-10-11-17-20-23-26-29-32-35-43(47)51-40-42(41-53-55(49,50)52-39-37-45(2,3)4)54-44(48)36-33-30-27-24-21-18-15-13-12-14-16-19-22-25-28-31-34-38-46/h12,14-15,18-19,22,24,27,42,46H,5-11,13,16-17,20-21,23,25-26,28-41H2,1-4H3/p+1/b14-12-,18-15-,22-19-,27-24-/t42-/m1/s1. The molecule has 0 heterocycles. The fourth-order valence-electron chi connectivity index (χ4n) is 5.51. The van der Waals surface area contributed by atoms with Gasteiger partial charge in [0.05, 0.1) is 27.7 Å². The van der Waals surface area contributed by atoms with Crippen LogP contribution in [0.3, 0.4) is 0 Å². The minimum atomic E-state index is -4.39. The quantitative estimate of drug-likeness (QED) is 0.0205. The van der Waals surface area contributed by atoms with E-state index in [0.717, 1.165) is 64.2 Å². The Kier molecular flexibility index (Phi) is 36.1. The molecule has 1 unspecified atom stereocenters. The molecule has 0 spiro atoms. The minimum absolute atomic E-state index is 0.0161. The van der Waals surface area contributed by atoms with Crippen LogP contribution in [-0.4, -0.2) is 86.6 Å². The van der Waals surface area contributed by atoms with E-state index in [0.29, 0.717) is 23.9 Å². The monoisotopic (exact) mass is 799 g/mol. The van der Waals surface area contributed by atoms with Gasteiger partial charge in [-0.2, -0.15) is 0 Å². The number of unbranched alkanes of at least 4 members (excludes halogenated alkanes) is 16. The first-order chi connectivity index (χ1) is 26.5. The molecule has 11 heteroatoms. The van der Waals surface area contributed by atoms with Crippen LogP contribution in [0.4, 0.5) is 0 Å². The van der Waals surface area contributed by atoms with E-state index in [1.165, 1.54) is 64.2 Å². The minimum Gasteiger partial charge on any atom is -0.462 e. The second-order valence-electron chi connectivity index (χ2n) is 15.5. The van der Waals surface area contributed by atoms with Crippen LogP contribution in [-0.2, 0) is 32.7 Å². The number of aliphatic hydroxyl groups excluding tert-OH is 1. The van der Waals surface area contributed by atoms with E-state index < -0.39 is 26.5 Å². The number of quaternary nitrogens is 1. The van der Waals surface area contributed by atoms with Gasteiger partial charge >= 0.3 is 19.8 Å². The lowest BCUT2D eigenvalue weighted by Gasteiger charge is -2.24. The Morgan fingerprint density at radius 3 is 1.60 bits per heavy atom. The van der Waals surface area contributed by atoms with Crippen molar-refractivity contribution in [3.8, 4) is 0 Å². The van der Waals surface area contributed by atoms with Crippen molar-refractivity contribution < 1.29 is 47.2 Å². The average Bonchev–Trinajstić information content (AvgIpc) is 3.13. The maximum atomic E-state index is 12.6. The number of esters is 2. The molecular formula is C44H81NO9P+. The van der Waals surface area contributed by atoms with E-state index in [2.05, 4.69) is 49.5 Å². The van der Waals surface area contributed by atoms with Crippen LogP contribution in [0, 0.1) is 0 Å². The first-order valence-electron chi connectivity index (χ1n) is 21.5. The number of nitrogens with zero attached hydrogens (tertiary/aromatic N) is 1. The molecule has 320 valence electrons. The van der Waals surface area contributed by atoms with Gasteiger partial charge in [-0.1, -0.05) is 139 Å². The number of likely N-dealkylation sites (N-methyl/N-ethyl adjacent to an activating group) is 1. The summed E-state index contributed by atoms with van der Waals surface area (Å²) in [5.41, 5.74) is 0. The van der Waals surface area contributed by atoms with Crippen molar-refractivity contribution in [1.82, 2.24) is 0 Å². The number of hydrogen-bond donors (Lipinski definition) is 2. The molecule has 0 aromatic heterocycles. The molecule has 10 nitrogen and oxygen atoms in total. The first-order valence-corrected chi connectivity index (χ1v) is 23.0. The highest BCUT2D eigenvalue weighted by molar-refractivity contribution is 7.47. The van der Waals surface area contributed by atoms with Crippen molar-refractivity contribution in [2.24, 2.45) is 0 Å². The molecule has 2 N–H and O–H groups in total. The summed E-state index contributed by atoms with van der Waals surface area (Å²) in [5.74, 6) is -0.878. The zero-order chi connectivity index (χ0) is 40.7. The molecule has 0 aromatic rings. The van der Waals surface area contributed by atoms with Crippen LogP contribution >= 0.6 is 7.82 Å². The van der Waals surface area contributed by atoms with Gasteiger partial charge in [0, 0.05) is 19.4 Å². The van der Waals surface area contributed by atoms with Gasteiger partial charge in [0.15, 0.2) is 6.10 Å². The van der Waals surface area contributed by atoms with Crippen LogP contribution in [0.5, 0.6) is 0 Å². The zero-order valence-corrected chi connectivity index (χ0v) is 36.2. The first kappa shape index (κ1) is 52.9. The van der Waals surface area contributed by atoms with Gasteiger partial charge in [-0.25, -0.2) is 4.57 Å². The Balaban J connectivity index is 4.47. The van der Waals surface area contributed by atoms with Crippen molar-refractivity contribution >= 4 is 19.8 Å². The Morgan fingerprint density at radius 2 is 1.07 bits per heavy atom. The molecule has 0 saturated carbocycles. The third-order valence-corrected chi connectivity index (χ3v) is 9.90. The van der Waals surface area contributed by atoms with E-state index in [4.69, 9.17) is 23.6 Å². The molecule has 0 amide bonds. The van der Waals surface area contributed by atoms with Gasteiger partial charge in [0.2, 0.25) is 0 Å². The lowest BCUT2D eigenvalue weighted by atomic mass is 10.0. The second-order valence-corrected chi connectivity index (χ2v) is 16.9. The fourth-order valence-corrected chi connectivity index (χ4v) is 6.26. The molecular weight excluding hydrogens is 717 g/mol. The summed E-state index contributed by atoms with van der Waals surface area (Å²) in [7, 11) is 1.42. The van der Waals surface area contributed by atoms with Crippen molar-refractivity contribution in [2.45, 2.75) is 167 Å². The van der Waals surface area contributed by atoms with Gasteiger partial charge in [-0.05, 0) is 57.8 Å². The Bertz CT molecular complexity index is 1080. The molecule has 2 atom stereocenters. The molecule has 0 bridgehead atoms. The highest BCUT2D eigenvalue weighted by atomic mass is 31.2. The molecule has 55 heavy (non-hydrogen) atoms. The van der Waals surface area contributed by atoms with Crippen molar-refractivity contribution in [1.29, 1.82) is 0 Å². The van der Waals surface area contributed by atoms with Crippen molar-refractivity contribution in [3.05, 3.63) is 48.6 Å². The number of rotatable bonds is 39. The molecule has 0 aliphatic carbocycles. The Labute approximate surface area is 336 Å². The molecule has 0 saturated heterocycles. The van der Waals surface area contributed by atoms with E-state index in [1.54, 1.807) is 0 Å². The second kappa shape index (κ2) is 37.5. The molecule has 0 fully saturated rings. The summed E-state index contributed by atoms with van der Waals surface area (Å²) in [6.07, 6.45) is 40.3. The predicted octanol–water partition coefficient (Wildman–Crippen LogP) is 10.9. The number of aliphatic hydroxyl groups is 1. The highest BCUT2D eigenvalue weighted by Crippen LogP contribution is 2.43. The number of allylic oxidation sites excluding steroid dienone is 8. The number of ether oxygens (including phenoxy) is 2. The van der Waals surface area contributed by atoms with Gasteiger partial charge in [0.1, 0.15) is 19.8 Å². The maximum absolute atomic E-state index is 12.6. The smallest absolute Gasteiger partial charge is 0.462 e. The highest BCUT2D eigenvalue weighted by Gasteiger charge is 2.27. The fraction of sp³-hybridized carbons (Fsp3) is 0.773. The Hall–Kier alpha value is -2.07. The van der Waals surface area contributed by atoms with E-state index in [9.17, 15) is 19.0 Å². The third kappa shape index (κ3) is 41.4. The Morgan fingerprint density at radius 1 is 0.600 bits per heavy atom. The number of phosphoric ester groups is 1. The molecule has 0 aliphatic heterocycles. The lowest BCUT2D eigenvalue weighted by Crippen LogP contribution is -2.37. The van der Waals surface area contributed by atoms with Gasteiger partial charge in [0.25, 0.3) is 0 Å². The zero-order valence-electron chi connectivity index (χ0n) is 35.3. The number of hydrogen-bond acceptors (Lipinski definition) is 8. The predicted molar refractivity (Wildman–Crippen MR) is 226 cm³/mol. The summed E-state index contributed by atoms with van der Waals surface area (Å²) in [6.45, 7) is 2.35. The van der Waals surface area contributed by atoms with Crippen LogP contribution in [0.2, 0.25) is 0 Å². The summed E-state index contributed by atoms with van der Waals surface area (Å²) in [5, 5.41) is 8.80. The van der Waals surface area contributed by atoms with Gasteiger partial charge < -0.3 is 24.0 Å². The maximum Gasteiger partial charge on any atom is 0.472 e. The molecule has 0 aromatic carbocycles. The van der Waals surface area contributed by atoms with E-state index in [-0.39, 0.29) is 38.6 Å². The summed E-state index contributed by atoms with van der Waals surface area (Å²) < 4.78 is 34.2. The average molecular weight is 799 g/mol. The summed E-state index contributed by atoms with van der Waals surface area (Å²) >= 11 is 0. The van der Waals surface area contributed by atoms with Crippen molar-refractivity contribution in [2.75, 3.05) is 54.1 Å². The van der Waals surface area contributed by atoms with E-state index in [1.807, 2.05) is 27.2 Å². The van der Waals surface area contributed by atoms with E-state index >= 15 is 0 Å². The van der Waals surface area contributed by atoms with Crippen LogP contribution < -0.4 is 0 Å². The van der Waals surface area contributed by atoms with Crippen LogP contribution in [0.15, 0.2) is 48.6 Å². The number of carbonyl (C=O) groups excluding carboxylic acids is 2. The normalized spacial score (nSPS) is 14.1.